The lowest BCUT2D eigenvalue weighted by atomic mass is 10.0. The second-order valence-electron chi connectivity index (χ2n) is 5.28. The molecule has 108 valence electrons. The van der Waals surface area contributed by atoms with Crippen LogP contribution in [0.25, 0.3) is 0 Å². The fourth-order valence-corrected chi connectivity index (χ4v) is 2.25. The third kappa shape index (κ3) is 7.18. The molecule has 0 aromatic rings. The van der Waals surface area contributed by atoms with Gasteiger partial charge in [0.1, 0.15) is 0 Å². The van der Waals surface area contributed by atoms with Crippen LogP contribution >= 0.6 is 0 Å². The van der Waals surface area contributed by atoms with Gasteiger partial charge in [0.25, 0.3) is 0 Å². The Hall–Kier alpha value is -0.330. The third-order valence-electron chi connectivity index (χ3n) is 3.21. The topological polar surface area (TPSA) is 18.5 Å². The van der Waals surface area contributed by atoms with Gasteiger partial charge in [0, 0.05) is 6.04 Å². The monoisotopic (exact) mass is 267 g/mol. The average molecular weight is 267 g/mol. The van der Waals surface area contributed by atoms with E-state index >= 15 is 0 Å². The SMILES string of the molecule is CN(C)CCCNC1CCN(CC(F)(F)F)CC1. The maximum atomic E-state index is 12.2. The van der Waals surface area contributed by atoms with Crippen LogP contribution in [-0.2, 0) is 0 Å². The van der Waals surface area contributed by atoms with E-state index in [0.29, 0.717) is 19.1 Å². The summed E-state index contributed by atoms with van der Waals surface area (Å²) in [5.74, 6) is 0. The Morgan fingerprint density at radius 2 is 1.83 bits per heavy atom. The molecule has 0 spiro atoms. The van der Waals surface area contributed by atoms with Crippen LogP contribution in [0.2, 0.25) is 0 Å². The Balaban J connectivity index is 2.08. The molecule has 0 amide bonds. The minimum absolute atomic E-state index is 0.386. The molecule has 0 aliphatic carbocycles. The van der Waals surface area contributed by atoms with E-state index in [0.717, 1.165) is 32.4 Å². The molecule has 1 N–H and O–H groups in total. The van der Waals surface area contributed by atoms with E-state index in [1.54, 1.807) is 0 Å². The largest absolute Gasteiger partial charge is 0.401 e. The number of halogens is 3. The van der Waals surface area contributed by atoms with Crippen molar-refractivity contribution in [2.45, 2.75) is 31.5 Å². The molecule has 18 heavy (non-hydrogen) atoms. The number of nitrogens with zero attached hydrogens (tertiary/aromatic N) is 2. The summed E-state index contributed by atoms with van der Waals surface area (Å²) in [7, 11) is 4.07. The van der Waals surface area contributed by atoms with Crippen molar-refractivity contribution in [2.24, 2.45) is 0 Å². The maximum absolute atomic E-state index is 12.2. The Bertz CT molecular complexity index is 223. The Labute approximate surface area is 107 Å². The average Bonchev–Trinajstić information content (AvgIpc) is 2.24. The van der Waals surface area contributed by atoms with E-state index in [1.807, 2.05) is 14.1 Å². The van der Waals surface area contributed by atoms with Crippen molar-refractivity contribution in [3.05, 3.63) is 0 Å². The van der Waals surface area contributed by atoms with Gasteiger partial charge in [0.15, 0.2) is 0 Å². The normalized spacial score (nSPS) is 19.7. The van der Waals surface area contributed by atoms with Crippen LogP contribution in [0.1, 0.15) is 19.3 Å². The number of hydrogen-bond acceptors (Lipinski definition) is 3. The number of alkyl halides is 3. The summed E-state index contributed by atoms with van der Waals surface area (Å²) in [4.78, 5) is 3.63. The highest BCUT2D eigenvalue weighted by Gasteiger charge is 2.32. The minimum Gasteiger partial charge on any atom is -0.314 e. The highest BCUT2D eigenvalue weighted by atomic mass is 19.4. The molecule has 0 aromatic carbocycles. The first kappa shape index (κ1) is 15.7. The second kappa shape index (κ2) is 7.31. The first-order valence-corrected chi connectivity index (χ1v) is 6.54. The lowest BCUT2D eigenvalue weighted by Crippen LogP contribution is -2.45. The lowest BCUT2D eigenvalue weighted by Gasteiger charge is -2.32. The van der Waals surface area contributed by atoms with E-state index in [1.165, 1.54) is 4.90 Å². The van der Waals surface area contributed by atoms with Gasteiger partial charge in [-0.25, -0.2) is 0 Å². The van der Waals surface area contributed by atoms with E-state index in [2.05, 4.69) is 10.2 Å². The zero-order chi connectivity index (χ0) is 13.6. The quantitative estimate of drug-likeness (QED) is 0.737. The van der Waals surface area contributed by atoms with Crippen molar-refractivity contribution >= 4 is 0 Å². The number of hydrogen-bond donors (Lipinski definition) is 1. The fraction of sp³-hybridized carbons (Fsp3) is 1.00. The van der Waals surface area contributed by atoms with Gasteiger partial charge in [-0.2, -0.15) is 13.2 Å². The van der Waals surface area contributed by atoms with Gasteiger partial charge in [-0.05, 0) is 59.5 Å². The molecule has 3 nitrogen and oxygen atoms in total. The molecular weight excluding hydrogens is 243 g/mol. The molecule has 0 atom stereocenters. The molecule has 1 saturated heterocycles. The molecule has 1 fully saturated rings. The van der Waals surface area contributed by atoms with Crippen molar-refractivity contribution in [1.29, 1.82) is 0 Å². The van der Waals surface area contributed by atoms with Crippen LogP contribution in [0.5, 0.6) is 0 Å². The van der Waals surface area contributed by atoms with Gasteiger partial charge in [-0.3, -0.25) is 4.90 Å². The molecule has 1 rings (SSSR count). The number of nitrogens with one attached hydrogen (secondary N) is 1. The van der Waals surface area contributed by atoms with E-state index in [4.69, 9.17) is 0 Å². The van der Waals surface area contributed by atoms with E-state index < -0.39 is 12.7 Å². The summed E-state index contributed by atoms with van der Waals surface area (Å²) in [5.41, 5.74) is 0. The molecule has 6 heteroatoms. The zero-order valence-corrected chi connectivity index (χ0v) is 11.3. The summed E-state index contributed by atoms with van der Waals surface area (Å²) in [5, 5.41) is 3.43. The van der Waals surface area contributed by atoms with Crippen LogP contribution < -0.4 is 5.32 Å². The fourth-order valence-electron chi connectivity index (χ4n) is 2.25. The number of piperidine rings is 1. The molecule has 0 aromatic heterocycles. The van der Waals surface area contributed by atoms with Gasteiger partial charge in [0.05, 0.1) is 6.54 Å². The van der Waals surface area contributed by atoms with Gasteiger partial charge in [-0.1, -0.05) is 0 Å². The highest BCUT2D eigenvalue weighted by Crippen LogP contribution is 2.19. The molecule has 1 heterocycles. The predicted molar refractivity (Wildman–Crippen MR) is 66.7 cm³/mol. The smallest absolute Gasteiger partial charge is 0.314 e. The predicted octanol–water partition coefficient (Wildman–Crippen LogP) is 1.55. The standard InChI is InChI=1S/C12H24F3N3/c1-17(2)7-3-6-16-11-4-8-18(9-5-11)10-12(13,14)15/h11,16H,3-10H2,1-2H3. The van der Waals surface area contributed by atoms with Gasteiger partial charge in [0.2, 0.25) is 0 Å². The van der Waals surface area contributed by atoms with Crippen LogP contribution in [0, 0.1) is 0 Å². The van der Waals surface area contributed by atoms with Gasteiger partial charge >= 0.3 is 6.18 Å². The second-order valence-corrected chi connectivity index (χ2v) is 5.28. The molecule has 1 aliphatic rings. The third-order valence-corrected chi connectivity index (χ3v) is 3.21. The van der Waals surface area contributed by atoms with Crippen LogP contribution in [0.3, 0.4) is 0 Å². The van der Waals surface area contributed by atoms with Gasteiger partial charge in [-0.15, -0.1) is 0 Å². The maximum Gasteiger partial charge on any atom is 0.401 e. The Kier molecular flexibility index (Phi) is 6.38. The van der Waals surface area contributed by atoms with Crippen LogP contribution in [0.4, 0.5) is 13.2 Å². The van der Waals surface area contributed by atoms with E-state index in [9.17, 15) is 13.2 Å². The van der Waals surface area contributed by atoms with Crippen molar-refractivity contribution in [3.63, 3.8) is 0 Å². The van der Waals surface area contributed by atoms with Crippen LogP contribution in [0.15, 0.2) is 0 Å². The van der Waals surface area contributed by atoms with Crippen molar-refractivity contribution in [3.8, 4) is 0 Å². The summed E-state index contributed by atoms with van der Waals surface area (Å²) in [6, 6.07) is 0.386. The Morgan fingerprint density at radius 3 is 2.33 bits per heavy atom. The molecule has 0 saturated carbocycles. The first-order chi connectivity index (χ1) is 8.37. The van der Waals surface area contributed by atoms with E-state index in [-0.39, 0.29) is 0 Å². The molecule has 0 bridgehead atoms. The minimum atomic E-state index is -4.06. The van der Waals surface area contributed by atoms with Crippen molar-refractivity contribution in [1.82, 2.24) is 15.1 Å². The summed E-state index contributed by atoms with van der Waals surface area (Å²) in [6.07, 6.45) is -1.35. The van der Waals surface area contributed by atoms with Crippen LogP contribution in [-0.4, -0.2) is 68.8 Å². The van der Waals surface area contributed by atoms with Gasteiger partial charge < -0.3 is 10.2 Å². The van der Waals surface area contributed by atoms with Crippen molar-refractivity contribution < 1.29 is 13.2 Å². The first-order valence-electron chi connectivity index (χ1n) is 6.54. The van der Waals surface area contributed by atoms with Crippen molar-refractivity contribution in [2.75, 3.05) is 46.8 Å². The molecule has 0 radical (unpaired) electrons. The Morgan fingerprint density at radius 1 is 1.22 bits per heavy atom. The zero-order valence-electron chi connectivity index (χ0n) is 11.3. The summed E-state index contributed by atoms with van der Waals surface area (Å²) in [6.45, 7) is 2.32. The number of rotatable bonds is 6. The highest BCUT2D eigenvalue weighted by molar-refractivity contribution is 4.78. The summed E-state index contributed by atoms with van der Waals surface area (Å²) < 4.78 is 36.6. The molecule has 1 aliphatic heterocycles. The number of likely N-dealkylation sites (tertiary alicyclic amines) is 1. The summed E-state index contributed by atoms with van der Waals surface area (Å²) >= 11 is 0. The lowest BCUT2D eigenvalue weighted by molar-refractivity contribution is -0.148. The molecule has 0 unspecified atom stereocenters. The molecular formula is C12H24F3N3.